The number of carbonyl (C=O) groups is 2. The molecule has 2 N–H and O–H groups in total. The zero-order valence-electron chi connectivity index (χ0n) is 13.7. The van der Waals surface area contributed by atoms with Crippen molar-refractivity contribution in [2.75, 3.05) is 0 Å². The van der Waals surface area contributed by atoms with Crippen LogP contribution in [0, 0.1) is 19.8 Å². The maximum Gasteiger partial charge on any atom is 0.326 e. The molecule has 0 bridgehead atoms. The number of hydrogen-bond donors (Lipinski definition) is 2. The van der Waals surface area contributed by atoms with E-state index >= 15 is 0 Å². The van der Waals surface area contributed by atoms with E-state index in [-0.39, 0.29) is 17.9 Å². The van der Waals surface area contributed by atoms with Gasteiger partial charge in [0.15, 0.2) is 0 Å². The Hall–Kier alpha value is -1.78. The van der Waals surface area contributed by atoms with Crippen molar-refractivity contribution in [1.29, 1.82) is 0 Å². The molecular formula is C16H26N2O3. The number of hydrogen-bond acceptors (Lipinski definition) is 2. The number of aryl methyl sites for hydroxylation is 1. The fourth-order valence-corrected chi connectivity index (χ4v) is 2.73. The van der Waals surface area contributed by atoms with Crippen LogP contribution >= 0.6 is 0 Å². The molecular weight excluding hydrogens is 268 g/mol. The van der Waals surface area contributed by atoms with Crippen molar-refractivity contribution in [3.63, 3.8) is 0 Å². The van der Waals surface area contributed by atoms with Crippen molar-refractivity contribution in [2.45, 2.75) is 60.0 Å². The van der Waals surface area contributed by atoms with Crippen molar-refractivity contribution < 1.29 is 14.7 Å². The highest BCUT2D eigenvalue weighted by molar-refractivity contribution is 5.97. The van der Waals surface area contributed by atoms with Crippen LogP contribution in [0.15, 0.2) is 6.07 Å². The lowest BCUT2D eigenvalue weighted by Crippen LogP contribution is -2.41. The summed E-state index contributed by atoms with van der Waals surface area (Å²) >= 11 is 0. The average molecular weight is 294 g/mol. The zero-order chi connectivity index (χ0) is 16.3. The van der Waals surface area contributed by atoms with Crippen molar-refractivity contribution >= 4 is 11.9 Å². The number of rotatable bonds is 6. The first-order valence-corrected chi connectivity index (χ1v) is 7.37. The first-order chi connectivity index (χ1) is 9.65. The minimum absolute atomic E-state index is 0.203. The quantitative estimate of drug-likeness (QED) is 0.847. The number of nitrogens with zero attached hydrogens (tertiary/aromatic N) is 1. The van der Waals surface area contributed by atoms with E-state index in [1.54, 1.807) is 0 Å². The van der Waals surface area contributed by atoms with Gasteiger partial charge in [-0.1, -0.05) is 13.8 Å². The predicted octanol–water partition coefficient (Wildman–Crippen LogP) is 2.91. The second kappa shape index (κ2) is 6.78. The molecule has 0 aliphatic heterocycles. The first kappa shape index (κ1) is 17.3. The molecule has 1 atom stereocenters. The molecule has 1 aromatic rings. The van der Waals surface area contributed by atoms with E-state index in [0.717, 1.165) is 11.4 Å². The maximum atomic E-state index is 12.4. The van der Waals surface area contributed by atoms with E-state index in [9.17, 15) is 14.7 Å². The number of nitrogens with one attached hydrogen (secondary N) is 1. The van der Waals surface area contributed by atoms with Crippen LogP contribution in [-0.4, -0.2) is 27.6 Å². The summed E-state index contributed by atoms with van der Waals surface area (Å²) in [6, 6.07) is 1.23. The molecule has 0 fully saturated rings. The highest BCUT2D eigenvalue weighted by Gasteiger charge is 2.24. The third-order valence-electron chi connectivity index (χ3n) is 3.56. The molecule has 1 amide bonds. The monoisotopic (exact) mass is 294 g/mol. The summed E-state index contributed by atoms with van der Waals surface area (Å²) < 4.78 is 2.08. The molecule has 0 unspecified atom stereocenters. The van der Waals surface area contributed by atoms with Crippen molar-refractivity contribution in [2.24, 2.45) is 5.92 Å². The molecule has 0 saturated carbocycles. The lowest BCUT2D eigenvalue weighted by atomic mass is 10.0. The summed E-state index contributed by atoms with van der Waals surface area (Å²) in [6.45, 7) is 11.8. The molecule has 0 aliphatic carbocycles. The minimum Gasteiger partial charge on any atom is -0.480 e. The Labute approximate surface area is 126 Å². The molecule has 5 nitrogen and oxygen atoms in total. The van der Waals surface area contributed by atoms with Gasteiger partial charge < -0.3 is 15.0 Å². The van der Waals surface area contributed by atoms with Crippen LogP contribution in [0.5, 0.6) is 0 Å². The molecule has 1 heterocycles. The molecule has 0 spiro atoms. The second-order valence-corrected chi connectivity index (χ2v) is 6.24. The normalized spacial score (nSPS) is 12.8. The largest absolute Gasteiger partial charge is 0.480 e. The molecule has 21 heavy (non-hydrogen) atoms. The van der Waals surface area contributed by atoms with Gasteiger partial charge in [0.2, 0.25) is 0 Å². The van der Waals surface area contributed by atoms with Gasteiger partial charge in [-0.2, -0.15) is 0 Å². The molecule has 5 heteroatoms. The van der Waals surface area contributed by atoms with Crippen LogP contribution < -0.4 is 5.32 Å². The van der Waals surface area contributed by atoms with Gasteiger partial charge in [-0.3, -0.25) is 4.79 Å². The van der Waals surface area contributed by atoms with Crippen LogP contribution in [0.1, 0.15) is 61.9 Å². The number of carboxylic acid groups (broad SMARTS) is 1. The molecule has 0 saturated heterocycles. The van der Waals surface area contributed by atoms with Crippen molar-refractivity contribution in [1.82, 2.24) is 9.88 Å². The van der Waals surface area contributed by atoms with Gasteiger partial charge in [0.25, 0.3) is 5.91 Å². The van der Waals surface area contributed by atoms with Gasteiger partial charge in [0.1, 0.15) is 6.04 Å². The summed E-state index contributed by atoms with van der Waals surface area (Å²) in [6.07, 6.45) is 0.421. The average Bonchev–Trinajstić information content (AvgIpc) is 2.63. The smallest absolute Gasteiger partial charge is 0.326 e. The lowest BCUT2D eigenvalue weighted by molar-refractivity contribution is -0.139. The zero-order valence-corrected chi connectivity index (χ0v) is 13.7. The summed E-state index contributed by atoms with van der Waals surface area (Å²) in [7, 11) is 0. The van der Waals surface area contributed by atoms with Gasteiger partial charge in [0.05, 0.1) is 5.56 Å². The van der Waals surface area contributed by atoms with E-state index in [0.29, 0.717) is 12.0 Å². The highest BCUT2D eigenvalue weighted by Crippen LogP contribution is 2.20. The van der Waals surface area contributed by atoms with E-state index in [2.05, 4.69) is 23.7 Å². The van der Waals surface area contributed by atoms with Gasteiger partial charge >= 0.3 is 5.97 Å². The maximum absolute atomic E-state index is 12.4. The third-order valence-corrected chi connectivity index (χ3v) is 3.56. The number of aromatic nitrogens is 1. The minimum atomic E-state index is -0.991. The summed E-state index contributed by atoms with van der Waals surface area (Å²) in [4.78, 5) is 23.6. The SMILES string of the molecule is Cc1cc(C(=O)N[C@H](CC(C)C)C(=O)O)c(C)n1C(C)C. The Morgan fingerprint density at radius 3 is 2.19 bits per heavy atom. The molecule has 118 valence electrons. The molecule has 1 rings (SSSR count). The number of amides is 1. The van der Waals surface area contributed by atoms with Crippen LogP contribution in [0.25, 0.3) is 0 Å². The van der Waals surface area contributed by atoms with Crippen LogP contribution in [0.2, 0.25) is 0 Å². The van der Waals surface area contributed by atoms with Crippen molar-refractivity contribution in [3.05, 3.63) is 23.0 Å². The molecule has 0 aromatic carbocycles. The predicted molar refractivity (Wildman–Crippen MR) is 82.6 cm³/mol. The second-order valence-electron chi connectivity index (χ2n) is 6.24. The van der Waals surface area contributed by atoms with Crippen molar-refractivity contribution in [3.8, 4) is 0 Å². The lowest BCUT2D eigenvalue weighted by Gasteiger charge is -2.17. The van der Waals surface area contributed by atoms with E-state index in [1.165, 1.54) is 0 Å². The Morgan fingerprint density at radius 1 is 1.24 bits per heavy atom. The summed E-state index contributed by atoms with van der Waals surface area (Å²) in [5.74, 6) is -1.10. The molecule has 0 aliphatic rings. The number of carbonyl (C=O) groups excluding carboxylic acids is 1. The fraction of sp³-hybridized carbons (Fsp3) is 0.625. The van der Waals surface area contributed by atoms with Crippen LogP contribution in [-0.2, 0) is 4.79 Å². The Kier molecular flexibility index (Phi) is 5.58. The number of aliphatic carboxylic acids is 1. The van der Waals surface area contributed by atoms with E-state index < -0.39 is 12.0 Å². The van der Waals surface area contributed by atoms with E-state index in [4.69, 9.17) is 0 Å². The molecule has 0 radical (unpaired) electrons. The first-order valence-electron chi connectivity index (χ1n) is 7.37. The fourth-order valence-electron chi connectivity index (χ4n) is 2.73. The van der Waals surface area contributed by atoms with E-state index in [1.807, 2.05) is 33.8 Å². The Balaban J connectivity index is 2.98. The topological polar surface area (TPSA) is 71.3 Å². The standard InChI is InChI=1S/C16H26N2O3/c1-9(2)7-14(16(20)21)17-15(19)13-8-11(5)18(10(3)4)12(13)6/h8-10,14H,7H2,1-6H3,(H,17,19)(H,20,21)/t14-/m1/s1. The van der Waals surface area contributed by atoms with Gasteiger partial charge in [-0.15, -0.1) is 0 Å². The highest BCUT2D eigenvalue weighted by atomic mass is 16.4. The summed E-state index contributed by atoms with van der Waals surface area (Å²) in [5.41, 5.74) is 2.42. The third kappa shape index (κ3) is 4.09. The Morgan fingerprint density at radius 2 is 1.81 bits per heavy atom. The Bertz CT molecular complexity index is 530. The van der Waals surface area contributed by atoms with Gasteiger partial charge in [0, 0.05) is 17.4 Å². The molecule has 1 aromatic heterocycles. The van der Waals surface area contributed by atoms with Crippen LogP contribution in [0.4, 0.5) is 0 Å². The van der Waals surface area contributed by atoms with Gasteiger partial charge in [-0.25, -0.2) is 4.79 Å². The van der Waals surface area contributed by atoms with Crippen LogP contribution in [0.3, 0.4) is 0 Å². The van der Waals surface area contributed by atoms with Gasteiger partial charge in [-0.05, 0) is 46.1 Å². The number of carboxylic acids is 1. The summed E-state index contributed by atoms with van der Waals surface area (Å²) in [5, 5.41) is 11.8.